The molecule has 1 saturated heterocycles. The molecule has 25 heavy (non-hydrogen) atoms. The summed E-state index contributed by atoms with van der Waals surface area (Å²) >= 11 is 0. The van der Waals surface area contributed by atoms with Gasteiger partial charge in [0, 0.05) is 30.4 Å². The molecule has 3 heteroatoms. The molecular formula is C22H32N2O. The number of aryl methyl sites for hydroxylation is 1. The van der Waals surface area contributed by atoms with Crippen molar-refractivity contribution in [1.82, 2.24) is 4.90 Å². The van der Waals surface area contributed by atoms with Gasteiger partial charge in [-0.05, 0) is 49.3 Å². The van der Waals surface area contributed by atoms with Gasteiger partial charge in [0.15, 0.2) is 0 Å². The average molecular weight is 341 g/mol. The summed E-state index contributed by atoms with van der Waals surface area (Å²) in [5.74, 6) is 0.444. The number of rotatable bonds is 6. The van der Waals surface area contributed by atoms with E-state index in [9.17, 15) is 4.79 Å². The third kappa shape index (κ3) is 4.82. The highest BCUT2D eigenvalue weighted by Gasteiger charge is 2.26. The van der Waals surface area contributed by atoms with Gasteiger partial charge in [-0.15, -0.1) is 0 Å². The highest BCUT2D eigenvalue weighted by molar-refractivity contribution is 6.03. The summed E-state index contributed by atoms with van der Waals surface area (Å²) in [6.45, 7) is 18.7. The zero-order valence-electron chi connectivity index (χ0n) is 16.2. The molecule has 1 aromatic carbocycles. The largest absolute Gasteiger partial charge is 0.322 e. The first-order valence-electron chi connectivity index (χ1n) is 9.33. The maximum absolute atomic E-state index is 12.1. The molecule has 0 aliphatic carbocycles. The number of carbonyl (C=O) groups is 1. The van der Waals surface area contributed by atoms with Crippen LogP contribution in [0.5, 0.6) is 0 Å². The molecule has 1 N–H and O–H groups in total. The first-order valence-corrected chi connectivity index (χ1v) is 9.33. The Morgan fingerprint density at radius 3 is 2.44 bits per heavy atom. The Morgan fingerprint density at radius 2 is 1.92 bits per heavy atom. The summed E-state index contributed by atoms with van der Waals surface area (Å²) in [4.78, 5) is 14.6. The zero-order valence-corrected chi connectivity index (χ0v) is 16.2. The topological polar surface area (TPSA) is 32.3 Å². The summed E-state index contributed by atoms with van der Waals surface area (Å²) in [6.07, 6.45) is 2.85. The maximum Gasteiger partial charge on any atom is 0.250 e. The van der Waals surface area contributed by atoms with Crippen LogP contribution in [-0.2, 0) is 4.79 Å². The van der Waals surface area contributed by atoms with Crippen LogP contribution in [0.15, 0.2) is 42.5 Å². The van der Waals surface area contributed by atoms with Crippen LogP contribution in [0.4, 0.5) is 5.69 Å². The van der Waals surface area contributed by atoms with Crippen LogP contribution in [0.3, 0.4) is 0 Å². The third-order valence-corrected chi connectivity index (χ3v) is 5.12. The zero-order chi connectivity index (χ0) is 18.6. The highest BCUT2D eigenvalue weighted by atomic mass is 16.1. The number of benzene rings is 1. The summed E-state index contributed by atoms with van der Waals surface area (Å²) in [7, 11) is 0. The Hall–Kier alpha value is -1.87. The van der Waals surface area contributed by atoms with E-state index >= 15 is 0 Å². The lowest BCUT2D eigenvalue weighted by atomic mass is 9.90. The fourth-order valence-electron chi connectivity index (χ4n) is 3.52. The monoisotopic (exact) mass is 340 g/mol. The molecule has 1 heterocycles. The van der Waals surface area contributed by atoms with Crippen LogP contribution in [0.2, 0.25) is 0 Å². The first-order chi connectivity index (χ1) is 11.8. The Balaban J connectivity index is 2.20. The number of likely N-dealkylation sites (tertiary alicyclic amines) is 1. The predicted octanol–water partition coefficient (Wildman–Crippen LogP) is 5.25. The summed E-state index contributed by atoms with van der Waals surface area (Å²) in [5.41, 5.74) is 5.27. The lowest BCUT2D eigenvalue weighted by molar-refractivity contribution is -0.112. The molecule has 0 spiro atoms. The number of piperidine rings is 1. The third-order valence-electron chi connectivity index (χ3n) is 5.12. The average Bonchev–Trinajstić information content (AvgIpc) is 2.58. The smallest absolute Gasteiger partial charge is 0.250 e. The summed E-state index contributed by atoms with van der Waals surface area (Å²) in [6, 6.07) is 6.82. The Labute approximate surface area is 152 Å². The van der Waals surface area contributed by atoms with Crippen molar-refractivity contribution in [2.24, 2.45) is 5.92 Å². The maximum atomic E-state index is 12.1. The van der Waals surface area contributed by atoms with Crippen molar-refractivity contribution in [3.8, 4) is 0 Å². The van der Waals surface area contributed by atoms with Gasteiger partial charge >= 0.3 is 0 Å². The van der Waals surface area contributed by atoms with Crippen LogP contribution < -0.4 is 5.32 Å². The second-order valence-corrected chi connectivity index (χ2v) is 7.46. The molecule has 1 aromatic rings. The quantitative estimate of drug-likeness (QED) is 0.567. The number of anilines is 1. The van der Waals surface area contributed by atoms with Gasteiger partial charge in [-0.1, -0.05) is 51.6 Å². The summed E-state index contributed by atoms with van der Waals surface area (Å²) in [5, 5.41) is 2.98. The Kier molecular flexibility index (Phi) is 6.60. The number of hydrogen-bond donors (Lipinski definition) is 1. The minimum absolute atomic E-state index is 0.0895. The lowest BCUT2D eigenvalue weighted by Crippen LogP contribution is -2.36. The van der Waals surface area contributed by atoms with Crippen molar-refractivity contribution in [3.05, 3.63) is 53.6 Å². The molecule has 2 rings (SSSR count). The van der Waals surface area contributed by atoms with Crippen LogP contribution in [0, 0.1) is 12.8 Å². The highest BCUT2D eigenvalue weighted by Crippen LogP contribution is 2.33. The molecule has 1 unspecified atom stereocenters. The van der Waals surface area contributed by atoms with Crippen LogP contribution in [-0.4, -0.2) is 23.9 Å². The number of nitrogens with zero attached hydrogens (tertiary/aromatic N) is 1. The number of nitrogens with one attached hydrogen (secondary N) is 1. The van der Waals surface area contributed by atoms with E-state index < -0.39 is 0 Å². The predicted molar refractivity (Wildman–Crippen MR) is 107 cm³/mol. The molecule has 3 nitrogen and oxygen atoms in total. The Morgan fingerprint density at radius 1 is 1.28 bits per heavy atom. The van der Waals surface area contributed by atoms with Gasteiger partial charge in [-0.25, -0.2) is 0 Å². The van der Waals surface area contributed by atoms with Gasteiger partial charge in [0.1, 0.15) is 0 Å². The van der Waals surface area contributed by atoms with Gasteiger partial charge in [0.25, 0.3) is 5.91 Å². The number of hydrogen-bond acceptors (Lipinski definition) is 2. The molecule has 1 amide bonds. The molecule has 0 saturated carbocycles. The van der Waals surface area contributed by atoms with Crippen molar-refractivity contribution >= 4 is 11.6 Å². The van der Waals surface area contributed by atoms with Gasteiger partial charge in [0.2, 0.25) is 0 Å². The van der Waals surface area contributed by atoms with Crippen molar-refractivity contribution in [3.63, 3.8) is 0 Å². The molecule has 0 aromatic heterocycles. The SMILES string of the molecule is C=C1CCN(C(c2ccc(NC(=O)C(=C)CC)c(C)c2)C(C)C)CC1. The van der Waals surface area contributed by atoms with Gasteiger partial charge in [-0.2, -0.15) is 0 Å². The van der Waals surface area contributed by atoms with Gasteiger partial charge in [0.05, 0.1) is 0 Å². The van der Waals surface area contributed by atoms with E-state index in [-0.39, 0.29) is 5.91 Å². The molecule has 136 valence electrons. The van der Waals surface area contributed by atoms with Crippen LogP contribution >= 0.6 is 0 Å². The van der Waals surface area contributed by atoms with Gasteiger partial charge in [-0.3, -0.25) is 9.69 Å². The second kappa shape index (κ2) is 8.48. The number of carbonyl (C=O) groups excluding carboxylic acids is 1. The number of amides is 1. The normalized spacial score (nSPS) is 16.8. The first kappa shape index (κ1) is 19.5. The van der Waals surface area contributed by atoms with E-state index in [0.29, 0.717) is 24.0 Å². The Bertz CT molecular complexity index is 650. The fourth-order valence-corrected chi connectivity index (χ4v) is 3.52. The van der Waals surface area contributed by atoms with Crippen LogP contribution in [0.1, 0.15) is 57.2 Å². The molecule has 1 aliphatic rings. The van der Waals surface area contributed by atoms with E-state index in [4.69, 9.17) is 0 Å². The van der Waals surface area contributed by atoms with Crippen LogP contribution in [0.25, 0.3) is 0 Å². The van der Waals surface area contributed by atoms with E-state index in [1.807, 2.05) is 13.0 Å². The molecule has 1 aliphatic heterocycles. The molecule has 0 bridgehead atoms. The van der Waals surface area contributed by atoms with E-state index in [0.717, 1.165) is 37.2 Å². The van der Waals surface area contributed by atoms with Gasteiger partial charge < -0.3 is 5.32 Å². The molecule has 1 fully saturated rings. The van der Waals surface area contributed by atoms with Crippen molar-refractivity contribution in [2.45, 2.75) is 53.0 Å². The van der Waals surface area contributed by atoms with Crippen molar-refractivity contribution in [2.75, 3.05) is 18.4 Å². The molecule has 0 radical (unpaired) electrons. The van der Waals surface area contributed by atoms with Crippen molar-refractivity contribution < 1.29 is 4.79 Å². The van der Waals surface area contributed by atoms with E-state index in [2.05, 4.69) is 56.3 Å². The molecule has 1 atom stereocenters. The second-order valence-electron chi connectivity index (χ2n) is 7.46. The molecular weight excluding hydrogens is 308 g/mol. The van der Waals surface area contributed by atoms with E-state index in [1.165, 1.54) is 11.1 Å². The van der Waals surface area contributed by atoms with Crippen molar-refractivity contribution in [1.29, 1.82) is 0 Å². The minimum atomic E-state index is -0.0895. The van der Waals surface area contributed by atoms with E-state index in [1.54, 1.807) is 0 Å². The standard InChI is InChI=1S/C22H32N2O/c1-7-17(5)22(25)23-20-9-8-19(14-18(20)6)21(15(2)3)24-12-10-16(4)11-13-24/h8-9,14-15,21H,4-5,7,10-13H2,1-3,6H3,(H,23,25). The lowest BCUT2D eigenvalue weighted by Gasteiger charge is -2.38. The summed E-state index contributed by atoms with van der Waals surface area (Å²) < 4.78 is 0. The minimum Gasteiger partial charge on any atom is -0.322 e. The fraction of sp³-hybridized carbons (Fsp3) is 0.500.